The summed E-state index contributed by atoms with van der Waals surface area (Å²) in [5.41, 5.74) is 2.50. The molecule has 0 saturated carbocycles. The van der Waals surface area contributed by atoms with Crippen LogP contribution in [0.4, 0.5) is 0 Å². The molecule has 0 aliphatic carbocycles. The minimum Gasteiger partial charge on any atom is -0.270 e. The second-order valence-corrected chi connectivity index (χ2v) is 5.10. The quantitative estimate of drug-likeness (QED) is 0.752. The molecule has 0 aromatic carbocycles. The van der Waals surface area contributed by atoms with E-state index >= 15 is 0 Å². The van der Waals surface area contributed by atoms with Crippen molar-refractivity contribution in [2.24, 2.45) is 11.8 Å². The molecule has 1 unspecified atom stereocenters. The van der Waals surface area contributed by atoms with Crippen LogP contribution in [0.15, 0.2) is 6.07 Å². The Balaban J connectivity index is 2.77. The molecule has 0 radical (unpaired) electrons. The Morgan fingerprint density at radius 2 is 2.13 bits per heavy atom. The van der Waals surface area contributed by atoms with Crippen molar-refractivity contribution in [2.75, 3.05) is 5.33 Å². The molecule has 1 aromatic rings. The van der Waals surface area contributed by atoms with E-state index in [9.17, 15) is 0 Å². The average Bonchev–Trinajstić information content (AvgIpc) is 2.54. The average molecular weight is 273 g/mol. The number of alkyl halides is 1. The standard InChI is InChI=1S/C12H21BrN2/c1-5-15-12(6-10(4)14-15)7-11(8-13)9(2)3/h6,9,11H,5,7-8H2,1-4H3. The molecule has 0 N–H and O–H groups in total. The third-order valence-electron chi connectivity index (χ3n) is 2.90. The smallest absolute Gasteiger partial charge is 0.0596 e. The lowest BCUT2D eigenvalue weighted by Crippen LogP contribution is -2.16. The minimum absolute atomic E-state index is 0.700. The molecule has 15 heavy (non-hydrogen) atoms. The van der Waals surface area contributed by atoms with Crippen LogP contribution in [0.3, 0.4) is 0 Å². The summed E-state index contributed by atoms with van der Waals surface area (Å²) in [6.07, 6.45) is 1.12. The zero-order chi connectivity index (χ0) is 11.4. The summed E-state index contributed by atoms with van der Waals surface area (Å²) in [6, 6.07) is 2.21. The van der Waals surface area contributed by atoms with Gasteiger partial charge in [-0.15, -0.1) is 0 Å². The molecule has 1 aromatic heterocycles. The van der Waals surface area contributed by atoms with E-state index in [1.807, 2.05) is 0 Å². The zero-order valence-electron chi connectivity index (χ0n) is 10.1. The summed E-state index contributed by atoms with van der Waals surface area (Å²) in [6.45, 7) is 9.75. The second kappa shape index (κ2) is 5.69. The van der Waals surface area contributed by atoms with Gasteiger partial charge < -0.3 is 0 Å². The van der Waals surface area contributed by atoms with Gasteiger partial charge in [-0.1, -0.05) is 29.8 Å². The fourth-order valence-electron chi connectivity index (χ4n) is 1.77. The van der Waals surface area contributed by atoms with E-state index in [0.29, 0.717) is 11.8 Å². The van der Waals surface area contributed by atoms with Gasteiger partial charge in [0, 0.05) is 17.6 Å². The van der Waals surface area contributed by atoms with Crippen LogP contribution in [0.2, 0.25) is 0 Å². The Labute approximate surface area is 101 Å². The maximum atomic E-state index is 4.48. The van der Waals surface area contributed by atoms with Crippen LogP contribution >= 0.6 is 15.9 Å². The van der Waals surface area contributed by atoms with Crippen molar-refractivity contribution < 1.29 is 0 Å². The maximum Gasteiger partial charge on any atom is 0.0596 e. The van der Waals surface area contributed by atoms with E-state index in [1.54, 1.807) is 0 Å². The number of nitrogens with zero attached hydrogens (tertiary/aromatic N) is 2. The van der Waals surface area contributed by atoms with Crippen LogP contribution in [0.1, 0.15) is 32.2 Å². The number of aromatic nitrogens is 2. The van der Waals surface area contributed by atoms with Crippen LogP contribution in [0.25, 0.3) is 0 Å². The highest BCUT2D eigenvalue weighted by Gasteiger charge is 2.15. The van der Waals surface area contributed by atoms with Crippen molar-refractivity contribution in [3.63, 3.8) is 0 Å². The molecule has 2 nitrogen and oxygen atoms in total. The molecule has 0 fully saturated rings. The Morgan fingerprint density at radius 3 is 2.60 bits per heavy atom. The Kier molecular flexibility index (Phi) is 4.84. The van der Waals surface area contributed by atoms with E-state index in [-0.39, 0.29) is 0 Å². The van der Waals surface area contributed by atoms with Crippen molar-refractivity contribution in [3.05, 3.63) is 17.5 Å². The summed E-state index contributed by atoms with van der Waals surface area (Å²) in [5.74, 6) is 1.41. The molecular formula is C12H21BrN2. The van der Waals surface area contributed by atoms with E-state index in [4.69, 9.17) is 0 Å². The summed E-state index contributed by atoms with van der Waals surface area (Å²) in [4.78, 5) is 0. The first kappa shape index (κ1) is 12.8. The number of hydrogen-bond donors (Lipinski definition) is 0. The molecule has 1 heterocycles. The molecule has 1 atom stereocenters. The lowest BCUT2D eigenvalue weighted by Gasteiger charge is -2.18. The Morgan fingerprint density at radius 1 is 1.47 bits per heavy atom. The van der Waals surface area contributed by atoms with Crippen LogP contribution < -0.4 is 0 Å². The number of halogens is 1. The van der Waals surface area contributed by atoms with Gasteiger partial charge in [-0.2, -0.15) is 5.10 Å². The van der Waals surface area contributed by atoms with Gasteiger partial charge >= 0.3 is 0 Å². The Hall–Kier alpha value is -0.310. The largest absolute Gasteiger partial charge is 0.270 e. The first-order valence-corrected chi connectivity index (χ1v) is 6.79. The molecule has 0 bridgehead atoms. The summed E-state index contributed by atoms with van der Waals surface area (Å²) in [5, 5.41) is 5.55. The van der Waals surface area contributed by atoms with Gasteiger partial charge in [0.2, 0.25) is 0 Å². The van der Waals surface area contributed by atoms with Gasteiger partial charge in [0.1, 0.15) is 0 Å². The van der Waals surface area contributed by atoms with Gasteiger partial charge in [-0.3, -0.25) is 4.68 Å². The third-order valence-corrected chi connectivity index (χ3v) is 3.73. The predicted molar refractivity (Wildman–Crippen MR) is 68.5 cm³/mol. The molecule has 0 saturated heterocycles. The molecule has 3 heteroatoms. The molecular weight excluding hydrogens is 252 g/mol. The van der Waals surface area contributed by atoms with E-state index < -0.39 is 0 Å². The molecule has 0 aliphatic rings. The van der Waals surface area contributed by atoms with Crippen LogP contribution in [0, 0.1) is 18.8 Å². The van der Waals surface area contributed by atoms with Crippen molar-refractivity contribution in [3.8, 4) is 0 Å². The van der Waals surface area contributed by atoms with Crippen LogP contribution in [-0.2, 0) is 13.0 Å². The van der Waals surface area contributed by atoms with Gasteiger partial charge in [0.25, 0.3) is 0 Å². The molecule has 0 aliphatic heterocycles. The monoisotopic (exact) mass is 272 g/mol. The predicted octanol–water partition coefficient (Wildman–Crippen LogP) is 3.42. The van der Waals surface area contributed by atoms with Crippen molar-refractivity contribution >= 4 is 15.9 Å². The van der Waals surface area contributed by atoms with Gasteiger partial charge in [-0.05, 0) is 38.2 Å². The first-order valence-electron chi connectivity index (χ1n) is 5.67. The summed E-state index contributed by atoms with van der Waals surface area (Å²) < 4.78 is 2.12. The first-order chi connectivity index (χ1) is 7.08. The number of hydrogen-bond acceptors (Lipinski definition) is 1. The van der Waals surface area contributed by atoms with E-state index in [0.717, 1.165) is 24.0 Å². The normalized spacial score (nSPS) is 13.5. The van der Waals surface area contributed by atoms with Gasteiger partial charge in [0.15, 0.2) is 0 Å². The van der Waals surface area contributed by atoms with Crippen LogP contribution in [0.5, 0.6) is 0 Å². The van der Waals surface area contributed by atoms with Crippen molar-refractivity contribution in [1.82, 2.24) is 9.78 Å². The summed E-state index contributed by atoms with van der Waals surface area (Å²) in [7, 11) is 0. The van der Waals surface area contributed by atoms with Gasteiger partial charge in [-0.25, -0.2) is 0 Å². The maximum absolute atomic E-state index is 4.48. The number of rotatable bonds is 5. The summed E-state index contributed by atoms with van der Waals surface area (Å²) >= 11 is 3.60. The molecule has 0 amide bonds. The zero-order valence-corrected chi connectivity index (χ0v) is 11.7. The third kappa shape index (κ3) is 3.33. The molecule has 86 valence electrons. The fourth-order valence-corrected chi connectivity index (χ4v) is 2.75. The van der Waals surface area contributed by atoms with Crippen molar-refractivity contribution in [1.29, 1.82) is 0 Å². The lowest BCUT2D eigenvalue weighted by atomic mass is 9.93. The molecule has 1 rings (SSSR count). The number of aryl methyl sites for hydroxylation is 2. The van der Waals surface area contributed by atoms with E-state index in [1.165, 1.54) is 5.69 Å². The minimum atomic E-state index is 0.700. The SMILES string of the molecule is CCn1nc(C)cc1CC(CBr)C(C)C. The van der Waals surface area contributed by atoms with Gasteiger partial charge in [0.05, 0.1) is 5.69 Å². The van der Waals surface area contributed by atoms with Crippen molar-refractivity contribution in [2.45, 2.75) is 40.7 Å². The highest BCUT2D eigenvalue weighted by atomic mass is 79.9. The highest BCUT2D eigenvalue weighted by Crippen LogP contribution is 2.20. The van der Waals surface area contributed by atoms with E-state index in [2.05, 4.69) is 59.5 Å². The van der Waals surface area contributed by atoms with Crippen LogP contribution in [-0.4, -0.2) is 15.1 Å². The topological polar surface area (TPSA) is 17.8 Å². The molecule has 0 spiro atoms. The fraction of sp³-hybridized carbons (Fsp3) is 0.750. The Bertz CT molecular complexity index is 305. The lowest BCUT2D eigenvalue weighted by molar-refractivity contribution is 0.413. The highest BCUT2D eigenvalue weighted by molar-refractivity contribution is 9.09. The second-order valence-electron chi connectivity index (χ2n) is 4.46.